The van der Waals surface area contributed by atoms with Crippen LogP contribution in [0.4, 0.5) is 0 Å². The molecular weight excluding hydrogens is 216 g/mol. The summed E-state index contributed by atoms with van der Waals surface area (Å²) in [5.74, 6) is -0.251. The summed E-state index contributed by atoms with van der Waals surface area (Å²) in [5, 5.41) is 4.29. The molecule has 0 aliphatic rings. The van der Waals surface area contributed by atoms with Gasteiger partial charge in [-0.1, -0.05) is 26.7 Å². The molecule has 0 atom stereocenters. The predicted molar refractivity (Wildman–Crippen MR) is 67.1 cm³/mol. The molecule has 0 aliphatic heterocycles. The summed E-state index contributed by atoms with van der Waals surface area (Å²) in [6.07, 6.45) is 5.72. The number of hydrogen-bond donors (Lipinski definition) is 0. The predicted octanol–water partition coefficient (Wildman–Crippen LogP) is 2.81. The number of nitrogens with zero attached hydrogens (tertiary/aromatic N) is 2. The van der Waals surface area contributed by atoms with Crippen LogP contribution in [0.2, 0.25) is 0 Å². The van der Waals surface area contributed by atoms with Crippen LogP contribution < -0.4 is 0 Å². The molecule has 0 saturated carbocycles. The Bertz CT molecular complexity index is 358. The van der Waals surface area contributed by atoms with Gasteiger partial charge in [-0.25, -0.2) is 4.79 Å². The van der Waals surface area contributed by atoms with E-state index in [0.717, 1.165) is 37.9 Å². The second-order valence-electron chi connectivity index (χ2n) is 4.05. The molecule has 1 aromatic heterocycles. The molecule has 0 saturated heterocycles. The number of hydrogen-bond acceptors (Lipinski definition) is 3. The fourth-order valence-corrected chi connectivity index (χ4v) is 1.79. The largest absolute Gasteiger partial charge is 0.462 e. The van der Waals surface area contributed by atoms with Gasteiger partial charge in [0.15, 0.2) is 0 Å². The third kappa shape index (κ3) is 3.58. The Morgan fingerprint density at radius 2 is 2.12 bits per heavy atom. The van der Waals surface area contributed by atoms with Gasteiger partial charge in [0.1, 0.15) is 5.56 Å². The summed E-state index contributed by atoms with van der Waals surface area (Å²) >= 11 is 0. The maximum absolute atomic E-state index is 11.8. The highest BCUT2D eigenvalue weighted by Gasteiger charge is 2.17. The molecule has 4 nitrogen and oxygen atoms in total. The lowest BCUT2D eigenvalue weighted by molar-refractivity contribution is 0.0525. The molecule has 0 unspecified atom stereocenters. The Balaban J connectivity index is 2.88. The fourth-order valence-electron chi connectivity index (χ4n) is 1.79. The molecule has 1 rings (SSSR count). The lowest BCUT2D eigenvalue weighted by Crippen LogP contribution is -2.10. The van der Waals surface area contributed by atoms with Crippen LogP contribution in [0.1, 0.15) is 56.1 Å². The highest BCUT2D eigenvalue weighted by Crippen LogP contribution is 2.13. The number of unbranched alkanes of at least 4 members (excludes halogenated alkanes) is 1. The Morgan fingerprint density at radius 1 is 1.35 bits per heavy atom. The first-order valence-electron chi connectivity index (χ1n) is 6.46. The van der Waals surface area contributed by atoms with Gasteiger partial charge >= 0.3 is 5.97 Å². The zero-order valence-corrected chi connectivity index (χ0v) is 11.0. The van der Waals surface area contributed by atoms with Crippen molar-refractivity contribution in [3.05, 3.63) is 17.5 Å². The Morgan fingerprint density at radius 3 is 2.71 bits per heavy atom. The molecule has 4 heteroatoms. The van der Waals surface area contributed by atoms with Crippen LogP contribution in [0.3, 0.4) is 0 Å². The van der Waals surface area contributed by atoms with Crippen LogP contribution in [0.15, 0.2) is 6.20 Å². The minimum absolute atomic E-state index is 0.251. The van der Waals surface area contributed by atoms with Crippen molar-refractivity contribution < 1.29 is 9.53 Å². The second kappa shape index (κ2) is 7.09. The van der Waals surface area contributed by atoms with Crippen LogP contribution in [-0.4, -0.2) is 22.4 Å². The third-order valence-electron chi connectivity index (χ3n) is 2.65. The standard InChI is InChI=1S/C13H22N2O2/c1-4-7-9-15-12(8-5-2)11(10-14-15)13(16)17-6-3/h10H,4-9H2,1-3H3. The van der Waals surface area contributed by atoms with Gasteiger partial charge in [-0.2, -0.15) is 5.10 Å². The first-order chi connectivity index (χ1) is 8.24. The number of aryl methyl sites for hydroxylation is 1. The number of aromatic nitrogens is 2. The molecule has 96 valence electrons. The van der Waals surface area contributed by atoms with Gasteiger partial charge in [0, 0.05) is 6.54 Å². The van der Waals surface area contributed by atoms with E-state index in [0.29, 0.717) is 12.2 Å². The molecule has 0 radical (unpaired) electrons. The average molecular weight is 238 g/mol. The van der Waals surface area contributed by atoms with Gasteiger partial charge < -0.3 is 4.74 Å². The SMILES string of the molecule is CCCCn1ncc(C(=O)OCC)c1CCC. The molecule has 0 bridgehead atoms. The minimum atomic E-state index is -0.251. The van der Waals surface area contributed by atoms with E-state index in [1.165, 1.54) is 0 Å². The van der Waals surface area contributed by atoms with Crippen molar-refractivity contribution in [1.29, 1.82) is 0 Å². The van der Waals surface area contributed by atoms with Crippen molar-refractivity contribution in [2.45, 2.75) is 53.0 Å². The van der Waals surface area contributed by atoms with Crippen molar-refractivity contribution in [1.82, 2.24) is 9.78 Å². The van der Waals surface area contributed by atoms with Gasteiger partial charge in [0.25, 0.3) is 0 Å². The van der Waals surface area contributed by atoms with Crippen LogP contribution in [-0.2, 0) is 17.7 Å². The zero-order chi connectivity index (χ0) is 12.7. The number of ether oxygens (including phenoxy) is 1. The van der Waals surface area contributed by atoms with Gasteiger partial charge in [-0.15, -0.1) is 0 Å². The topological polar surface area (TPSA) is 44.1 Å². The van der Waals surface area contributed by atoms with E-state index in [2.05, 4.69) is 18.9 Å². The molecule has 0 fully saturated rings. The van der Waals surface area contributed by atoms with Crippen molar-refractivity contribution in [2.24, 2.45) is 0 Å². The summed E-state index contributed by atoms with van der Waals surface area (Å²) in [5.41, 5.74) is 1.64. The Kier molecular flexibility index (Phi) is 5.73. The Hall–Kier alpha value is -1.32. The van der Waals surface area contributed by atoms with Crippen molar-refractivity contribution in [3.63, 3.8) is 0 Å². The van der Waals surface area contributed by atoms with Gasteiger partial charge in [0.05, 0.1) is 18.5 Å². The fraction of sp³-hybridized carbons (Fsp3) is 0.692. The van der Waals surface area contributed by atoms with E-state index in [9.17, 15) is 4.79 Å². The van der Waals surface area contributed by atoms with Crippen LogP contribution >= 0.6 is 0 Å². The summed E-state index contributed by atoms with van der Waals surface area (Å²) < 4.78 is 6.98. The Labute approximate surface area is 103 Å². The lowest BCUT2D eigenvalue weighted by atomic mass is 10.1. The quantitative estimate of drug-likeness (QED) is 0.686. The first kappa shape index (κ1) is 13.7. The minimum Gasteiger partial charge on any atom is -0.462 e. The normalized spacial score (nSPS) is 10.5. The second-order valence-corrected chi connectivity index (χ2v) is 4.05. The van der Waals surface area contributed by atoms with Crippen molar-refractivity contribution in [3.8, 4) is 0 Å². The maximum atomic E-state index is 11.8. The molecule has 1 aromatic rings. The zero-order valence-electron chi connectivity index (χ0n) is 11.0. The summed E-state index contributed by atoms with van der Waals surface area (Å²) in [6.45, 7) is 7.36. The number of carbonyl (C=O) groups is 1. The maximum Gasteiger partial charge on any atom is 0.341 e. The molecule has 0 aromatic carbocycles. The summed E-state index contributed by atoms with van der Waals surface area (Å²) in [4.78, 5) is 11.8. The van der Waals surface area contributed by atoms with E-state index >= 15 is 0 Å². The van der Waals surface area contributed by atoms with Gasteiger partial charge in [0.2, 0.25) is 0 Å². The van der Waals surface area contributed by atoms with E-state index in [1.54, 1.807) is 6.20 Å². The highest BCUT2D eigenvalue weighted by molar-refractivity contribution is 5.90. The number of carbonyl (C=O) groups excluding carboxylic acids is 1. The molecule has 0 spiro atoms. The van der Waals surface area contributed by atoms with Crippen LogP contribution in [0.25, 0.3) is 0 Å². The van der Waals surface area contributed by atoms with Gasteiger partial charge in [-0.3, -0.25) is 4.68 Å². The highest BCUT2D eigenvalue weighted by atomic mass is 16.5. The first-order valence-corrected chi connectivity index (χ1v) is 6.46. The molecule has 17 heavy (non-hydrogen) atoms. The average Bonchev–Trinajstić information content (AvgIpc) is 2.70. The molecule has 0 amide bonds. The molecule has 0 aliphatic carbocycles. The van der Waals surface area contributed by atoms with Crippen molar-refractivity contribution in [2.75, 3.05) is 6.61 Å². The monoisotopic (exact) mass is 238 g/mol. The summed E-state index contributed by atoms with van der Waals surface area (Å²) in [6, 6.07) is 0. The lowest BCUT2D eigenvalue weighted by Gasteiger charge is -2.07. The third-order valence-corrected chi connectivity index (χ3v) is 2.65. The molecule has 1 heterocycles. The van der Waals surface area contributed by atoms with E-state index in [1.807, 2.05) is 11.6 Å². The van der Waals surface area contributed by atoms with Crippen molar-refractivity contribution >= 4 is 5.97 Å². The smallest absolute Gasteiger partial charge is 0.341 e. The van der Waals surface area contributed by atoms with E-state index in [-0.39, 0.29) is 5.97 Å². The molecular formula is C13H22N2O2. The van der Waals surface area contributed by atoms with Crippen LogP contribution in [0.5, 0.6) is 0 Å². The number of rotatable bonds is 7. The summed E-state index contributed by atoms with van der Waals surface area (Å²) in [7, 11) is 0. The van der Waals surface area contributed by atoms with Crippen LogP contribution in [0, 0.1) is 0 Å². The van der Waals surface area contributed by atoms with E-state index in [4.69, 9.17) is 4.74 Å². The van der Waals surface area contributed by atoms with Gasteiger partial charge in [-0.05, 0) is 19.8 Å². The molecule has 0 N–H and O–H groups in total. The van der Waals surface area contributed by atoms with E-state index < -0.39 is 0 Å². The number of esters is 1.